The molecule has 7 heteroatoms. The van der Waals surface area contributed by atoms with Crippen molar-refractivity contribution in [3.63, 3.8) is 0 Å². The summed E-state index contributed by atoms with van der Waals surface area (Å²) in [5.74, 6) is 0.463. The lowest BCUT2D eigenvalue weighted by Crippen LogP contribution is -2.27. The maximum Gasteiger partial charge on any atom is 0.260 e. The molecule has 6 nitrogen and oxygen atoms in total. The first-order chi connectivity index (χ1) is 8.38. The summed E-state index contributed by atoms with van der Waals surface area (Å²) in [4.78, 5) is 0. The van der Waals surface area contributed by atoms with E-state index < -0.39 is 10.0 Å². The van der Waals surface area contributed by atoms with Crippen molar-refractivity contribution in [1.29, 1.82) is 0 Å². The van der Waals surface area contributed by atoms with E-state index >= 15 is 0 Å². The molecule has 3 N–H and O–H groups in total. The standard InChI is InChI=1S/C11H22N4O2S/c1-8(2)5-6-13-18(16,17)11-10(7-12-4)9(3)14-15-11/h8,12-13H,5-7H2,1-4H3,(H,14,15). The van der Waals surface area contributed by atoms with Crippen molar-refractivity contribution < 1.29 is 8.42 Å². The highest BCUT2D eigenvalue weighted by molar-refractivity contribution is 7.89. The lowest BCUT2D eigenvalue weighted by atomic mass is 10.1. The van der Waals surface area contributed by atoms with Gasteiger partial charge in [-0.15, -0.1) is 0 Å². The molecule has 0 atom stereocenters. The zero-order chi connectivity index (χ0) is 13.8. The monoisotopic (exact) mass is 274 g/mol. The molecule has 1 aromatic rings. The third-order valence-electron chi connectivity index (χ3n) is 2.66. The third-order valence-corrected chi connectivity index (χ3v) is 4.09. The van der Waals surface area contributed by atoms with E-state index in [1.807, 2.05) is 6.92 Å². The summed E-state index contributed by atoms with van der Waals surface area (Å²) in [6, 6.07) is 0. The normalized spacial score (nSPS) is 12.3. The Balaban J connectivity index is 2.84. The molecule has 1 rings (SSSR count). The van der Waals surface area contributed by atoms with Crippen molar-refractivity contribution in [3.8, 4) is 0 Å². The number of aromatic amines is 1. The maximum atomic E-state index is 12.1. The first kappa shape index (κ1) is 15.1. The molecule has 0 radical (unpaired) electrons. The topological polar surface area (TPSA) is 86.9 Å². The molecule has 0 aliphatic rings. The Morgan fingerprint density at radius 2 is 2.06 bits per heavy atom. The van der Waals surface area contributed by atoms with Crippen molar-refractivity contribution in [2.24, 2.45) is 5.92 Å². The van der Waals surface area contributed by atoms with Crippen molar-refractivity contribution in [2.45, 2.75) is 38.8 Å². The van der Waals surface area contributed by atoms with Gasteiger partial charge in [-0.05, 0) is 26.3 Å². The van der Waals surface area contributed by atoms with E-state index in [1.165, 1.54) is 0 Å². The van der Waals surface area contributed by atoms with E-state index in [0.717, 1.165) is 12.1 Å². The van der Waals surface area contributed by atoms with Gasteiger partial charge in [-0.3, -0.25) is 5.10 Å². The number of nitrogens with zero attached hydrogens (tertiary/aromatic N) is 1. The largest absolute Gasteiger partial charge is 0.316 e. The smallest absolute Gasteiger partial charge is 0.260 e. The van der Waals surface area contributed by atoms with Gasteiger partial charge in [0.2, 0.25) is 0 Å². The Morgan fingerprint density at radius 1 is 1.39 bits per heavy atom. The molecule has 0 fully saturated rings. The summed E-state index contributed by atoms with van der Waals surface area (Å²) in [6.07, 6.45) is 0.810. The third kappa shape index (κ3) is 3.79. The molecule has 0 unspecified atom stereocenters. The Labute approximate surface area is 109 Å². The van der Waals surface area contributed by atoms with Gasteiger partial charge in [0.25, 0.3) is 10.0 Å². The summed E-state index contributed by atoms with van der Waals surface area (Å²) >= 11 is 0. The molecule has 104 valence electrons. The van der Waals surface area contributed by atoms with Gasteiger partial charge >= 0.3 is 0 Å². The summed E-state index contributed by atoms with van der Waals surface area (Å²) < 4.78 is 26.8. The van der Waals surface area contributed by atoms with Crippen LogP contribution in [-0.2, 0) is 16.6 Å². The van der Waals surface area contributed by atoms with Gasteiger partial charge < -0.3 is 5.32 Å². The quantitative estimate of drug-likeness (QED) is 0.685. The van der Waals surface area contributed by atoms with Gasteiger partial charge in [0, 0.05) is 24.3 Å². The van der Waals surface area contributed by atoms with E-state index in [0.29, 0.717) is 24.6 Å². The molecule has 1 heterocycles. The van der Waals surface area contributed by atoms with Crippen molar-refractivity contribution >= 4 is 10.0 Å². The van der Waals surface area contributed by atoms with E-state index in [-0.39, 0.29) is 5.03 Å². The van der Waals surface area contributed by atoms with Crippen LogP contribution >= 0.6 is 0 Å². The predicted molar refractivity (Wildman–Crippen MR) is 70.7 cm³/mol. The fourth-order valence-electron chi connectivity index (χ4n) is 1.59. The molecule has 1 aromatic heterocycles. The number of sulfonamides is 1. The second kappa shape index (κ2) is 6.31. The second-order valence-electron chi connectivity index (χ2n) is 4.74. The van der Waals surface area contributed by atoms with Gasteiger partial charge in [-0.25, -0.2) is 13.1 Å². The molecule has 0 aromatic carbocycles. The summed E-state index contributed by atoms with van der Waals surface area (Å²) in [5, 5.41) is 9.65. The SMILES string of the molecule is CNCc1c(S(=O)(=O)NCCC(C)C)n[nH]c1C. The van der Waals surface area contributed by atoms with Gasteiger partial charge in [0.1, 0.15) is 0 Å². The average Bonchev–Trinajstić information content (AvgIpc) is 2.61. The minimum Gasteiger partial charge on any atom is -0.316 e. The lowest BCUT2D eigenvalue weighted by Gasteiger charge is -2.08. The number of rotatable bonds is 7. The number of H-pyrrole nitrogens is 1. The Morgan fingerprint density at radius 3 is 2.61 bits per heavy atom. The van der Waals surface area contributed by atoms with Crippen molar-refractivity contribution in [3.05, 3.63) is 11.3 Å². The van der Waals surface area contributed by atoms with Crippen molar-refractivity contribution in [2.75, 3.05) is 13.6 Å². The Kier molecular flexibility index (Phi) is 5.30. The molecule has 0 saturated carbocycles. The van der Waals surface area contributed by atoms with Crippen LogP contribution in [0.1, 0.15) is 31.5 Å². The van der Waals surface area contributed by atoms with E-state index in [1.54, 1.807) is 7.05 Å². The van der Waals surface area contributed by atoms with Crippen LogP contribution in [0, 0.1) is 12.8 Å². The van der Waals surface area contributed by atoms with Crippen LogP contribution in [0.25, 0.3) is 0 Å². The van der Waals surface area contributed by atoms with Gasteiger partial charge in [0.05, 0.1) is 0 Å². The highest BCUT2D eigenvalue weighted by Crippen LogP contribution is 2.15. The van der Waals surface area contributed by atoms with E-state index in [2.05, 4.69) is 34.1 Å². The Hall–Kier alpha value is -0.920. The first-order valence-electron chi connectivity index (χ1n) is 6.06. The second-order valence-corrected chi connectivity index (χ2v) is 6.43. The fraction of sp³-hybridized carbons (Fsp3) is 0.727. The van der Waals surface area contributed by atoms with Gasteiger partial charge in [-0.1, -0.05) is 13.8 Å². The van der Waals surface area contributed by atoms with Crippen LogP contribution in [0.4, 0.5) is 0 Å². The fourth-order valence-corrected chi connectivity index (χ4v) is 2.83. The van der Waals surface area contributed by atoms with E-state index in [4.69, 9.17) is 0 Å². The number of hydrogen-bond acceptors (Lipinski definition) is 4. The molecule has 0 saturated heterocycles. The highest BCUT2D eigenvalue weighted by atomic mass is 32.2. The summed E-state index contributed by atoms with van der Waals surface area (Å²) in [7, 11) is -1.75. The minimum atomic E-state index is -3.52. The van der Waals surface area contributed by atoms with Crippen molar-refractivity contribution in [1.82, 2.24) is 20.2 Å². The Bertz CT molecular complexity index is 479. The zero-order valence-corrected chi connectivity index (χ0v) is 12.2. The number of aryl methyl sites for hydroxylation is 1. The van der Waals surface area contributed by atoms with Crippen LogP contribution in [0.3, 0.4) is 0 Å². The number of hydrogen-bond donors (Lipinski definition) is 3. The molecule has 0 amide bonds. The molecule has 0 aliphatic heterocycles. The molecule has 0 spiro atoms. The summed E-state index contributed by atoms with van der Waals surface area (Å²) in [6.45, 7) is 6.83. The van der Waals surface area contributed by atoms with Crippen LogP contribution in [0.15, 0.2) is 5.03 Å². The average molecular weight is 274 g/mol. The number of nitrogens with one attached hydrogen (secondary N) is 3. The highest BCUT2D eigenvalue weighted by Gasteiger charge is 2.22. The van der Waals surface area contributed by atoms with Crippen LogP contribution < -0.4 is 10.0 Å². The summed E-state index contributed by atoms with van der Waals surface area (Å²) in [5.41, 5.74) is 1.46. The molecule has 0 bridgehead atoms. The molecular formula is C11H22N4O2S. The van der Waals surface area contributed by atoms with Crippen LogP contribution in [-0.4, -0.2) is 32.2 Å². The maximum absolute atomic E-state index is 12.1. The van der Waals surface area contributed by atoms with Crippen LogP contribution in [0.2, 0.25) is 0 Å². The predicted octanol–water partition coefficient (Wildman–Crippen LogP) is 0.762. The van der Waals surface area contributed by atoms with E-state index in [9.17, 15) is 8.42 Å². The molecule has 0 aliphatic carbocycles. The zero-order valence-electron chi connectivity index (χ0n) is 11.4. The van der Waals surface area contributed by atoms with Gasteiger partial charge in [-0.2, -0.15) is 5.10 Å². The first-order valence-corrected chi connectivity index (χ1v) is 7.55. The van der Waals surface area contributed by atoms with Crippen LogP contribution in [0.5, 0.6) is 0 Å². The lowest BCUT2D eigenvalue weighted by molar-refractivity contribution is 0.548. The minimum absolute atomic E-state index is 0.0955. The molecule has 18 heavy (non-hydrogen) atoms. The van der Waals surface area contributed by atoms with Gasteiger partial charge in [0.15, 0.2) is 5.03 Å². The number of aromatic nitrogens is 2. The molecular weight excluding hydrogens is 252 g/mol.